The highest BCUT2D eigenvalue weighted by atomic mass is 35.5. The molecule has 1 fully saturated rings. The topological polar surface area (TPSA) is 96.0 Å². The Hall–Kier alpha value is -2.56. The molecule has 3 heterocycles. The summed E-state index contributed by atoms with van der Waals surface area (Å²) in [5.74, 6) is 1.44. The average Bonchev–Trinajstić information content (AvgIpc) is 3.42. The molecule has 31 heavy (non-hydrogen) atoms. The van der Waals surface area contributed by atoms with Gasteiger partial charge in [-0.05, 0) is 40.1 Å². The zero-order valence-electron chi connectivity index (χ0n) is 17.9. The van der Waals surface area contributed by atoms with Gasteiger partial charge in [-0.25, -0.2) is 14.3 Å². The summed E-state index contributed by atoms with van der Waals surface area (Å²) in [5.41, 5.74) is -0.266. The summed E-state index contributed by atoms with van der Waals surface area (Å²) in [6.07, 6.45) is 2.60. The van der Waals surface area contributed by atoms with Gasteiger partial charge in [-0.3, -0.25) is 4.90 Å². The summed E-state index contributed by atoms with van der Waals surface area (Å²) in [6.45, 7) is 10.2. The van der Waals surface area contributed by atoms with Gasteiger partial charge in [0.1, 0.15) is 24.4 Å². The quantitative estimate of drug-likeness (QED) is 0.546. The molecule has 166 valence electrons. The summed E-state index contributed by atoms with van der Waals surface area (Å²) in [5, 5.41) is 17.7. The first-order chi connectivity index (χ1) is 14.9. The van der Waals surface area contributed by atoms with E-state index >= 15 is 0 Å². The van der Waals surface area contributed by atoms with Crippen molar-refractivity contribution in [1.29, 1.82) is 0 Å². The number of aromatic nitrogens is 7. The minimum absolute atomic E-state index is 0.266. The standard InChI is InChI=1S/C20H27ClN8O2/c1-20(2,3)18(29-17(24-25-26-29)12-27-8-10-30-11-9-27)19(28-14-22-13-23-28)31-16-6-4-15(21)5-7-16/h4-7,13-14,18-19H,8-12H2,1-3H3/t18-,19+/m0/s1. The third kappa shape index (κ3) is 5.20. The molecule has 0 spiro atoms. The first kappa shape index (κ1) is 21.7. The van der Waals surface area contributed by atoms with Crippen LogP contribution in [0, 0.1) is 5.41 Å². The smallest absolute Gasteiger partial charge is 0.215 e. The van der Waals surface area contributed by atoms with E-state index in [9.17, 15) is 0 Å². The van der Waals surface area contributed by atoms with Crippen LogP contribution in [0.25, 0.3) is 0 Å². The van der Waals surface area contributed by atoms with E-state index in [-0.39, 0.29) is 11.5 Å². The molecule has 0 aliphatic carbocycles. The molecule has 0 saturated carbocycles. The van der Waals surface area contributed by atoms with Crippen molar-refractivity contribution >= 4 is 11.6 Å². The van der Waals surface area contributed by atoms with Crippen LogP contribution in [0.1, 0.15) is 38.9 Å². The van der Waals surface area contributed by atoms with E-state index in [1.807, 2.05) is 16.8 Å². The first-order valence-electron chi connectivity index (χ1n) is 10.2. The summed E-state index contributed by atoms with van der Waals surface area (Å²) in [7, 11) is 0. The van der Waals surface area contributed by atoms with Gasteiger partial charge in [-0.2, -0.15) is 5.10 Å². The van der Waals surface area contributed by atoms with Crippen LogP contribution in [-0.4, -0.2) is 66.2 Å². The van der Waals surface area contributed by atoms with E-state index in [0.29, 0.717) is 30.5 Å². The van der Waals surface area contributed by atoms with E-state index in [0.717, 1.165) is 18.9 Å². The second kappa shape index (κ2) is 9.29. The lowest BCUT2D eigenvalue weighted by molar-refractivity contribution is -0.00390. The molecule has 1 aliphatic heterocycles. The van der Waals surface area contributed by atoms with Crippen LogP contribution >= 0.6 is 11.6 Å². The molecule has 1 saturated heterocycles. The monoisotopic (exact) mass is 446 g/mol. The number of hydrogen-bond acceptors (Lipinski definition) is 8. The van der Waals surface area contributed by atoms with Gasteiger partial charge in [0.2, 0.25) is 6.23 Å². The molecule has 0 N–H and O–H groups in total. The van der Waals surface area contributed by atoms with E-state index < -0.39 is 6.23 Å². The molecule has 0 bridgehead atoms. The maximum Gasteiger partial charge on any atom is 0.215 e. The van der Waals surface area contributed by atoms with Gasteiger partial charge >= 0.3 is 0 Å². The van der Waals surface area contributed by atoms with Gasteiger partial charge in [-0.1, -0.05) is 32.4 Å². The van der Waals surface area contributed by atoms with Crippen molar-refractivity contribution < 1.29 is 9.47 Å². The molecular formula is C20H27ClN8O2. The fourth-order valence-corrected chi connectivity index (χ4v) is 3.80. The number of tetrazole rings is 1. The largest absolute Gasteiger partial charge is 0.466 e. The summed E-state index contributed by atoms with van der Waals surface area (Å²) in [4.78, 5) is 6.42. The molecular weight excluding hydrogens is 420 g/mol. The zero-order chi connectivity index (χ0) is 21.8. The maximum atomic E-state index is 6.42. The molecule has 0 radical (unpaired) electrons. The Balaban J connectivity index is 1.69. The Labute approximate surface area is 186 Å². The Morgan fingerprint density at radius 3 is 2.55 bits per heavy atom. The van der Waals surface area contributed by atoms with Gasteiger partial charge in [0.05, 0.1) is 19.8 Å². The Bertz CT molecular complexity index is 948. The second-order valence-electron chi connectivity index (χ2n) is 8.58. The molecule has 2 aromatic heterocycles. The lowest BCUT2D eigenvalue weighted by Gasteiger charge is -2.37. The van der Waals surface area contributed by atoms with Gasteiger partial charge < -0.3 is 9.47 Å². The number of halogens is 1. The van der Waals surface area contributed by atoms with Crippen LogP contribution in [0.4, 0.5) is 0 Å². The van der Waals surface area contributed by atoms with Gasteiger partial charge in [0.15, 0.2) is 5.82 Å². The van der Waals surface area contributed by atoms with Crippen molar-refractivity contribution in [3.8, 4) is 5.75 Å². The highest BCUT2D eigenvalue weighted by Gasteiger charge is 2.40. The predicted octanol–water partition coefficient (Wildman–Crippen LogP) is 2.62. The molecule has 1 aliphatic rings. The molecule has 1 aromatic carbocycles. The van der Waals surface area contributed by atoms with Crippen LogP contribution in [0.5, 0.6) is 5.75 Å². The van der Waals surface area contributed by atoms with Crippen LogP contribution in [0.2, 0.25) is 5.02 Å². The molecule has 3 aromatic rings. The average molecular weight is 447 g/mol. The van der Waals surface area contributed by atoms with Crippen LogP contribution < -0.4 is 4.74 Å². The third-order valence-electron chi connectivity index (χ3n) is 5.22. The number of morpholine rings is 1. The summed E-state index contributed by atoms with van der Waals surface area (Å²) >= 11 is 6.05. The summed E-state index contributed by atoms with van der Waals surface area (Å²) < 4.78 is 15.4. The number of rotatable bonds is 7. The number of benzene rings is 1. The van der Waals surface area contributed by atoms with Crippen molar-refractivity contribution in [2.45, 2.75) is 39.6 Å². The van der Waals surface area contributed by atoms with Crippen molar-refractivity contribution in [2.75, 3.05) is 26.3 Å². The molecule has 2 atom stereocenters. The van der Waals surface area contributed by atoms with Gasteiger partial charge in [0, 0.05) is 18.1 Å². The highest BCUT2D eigenvalue weighted by Crippen LogP contribution is 2.40. The maximum absolute atomic E-state index is 6.42. The lowest BCUT2D eigenvalue weighted by Crippen LogP contribution is -2.40. The zero-order valence-corrected chi connectivity index (χ0v) is 18.7. The fraction of sp³-hybridized carbons (Fsp3) is 0.550. The van der Waals surface area contributed by atoms with E-state index in [1.54, 1.807) is 23.1 Å². The second-order valence-corrected chi connectivity index (χ2v) is 9.01. The molecule has 11 heteroatoms. The van der Waals surface area contributed by atoms with Crippen molar-refractivity contribution in [1.82, 2.24) is 39.9 Å². The van der Waals surface area contributed by atoms with Crippen LogP contribution in [0.15, 0.2) is 36.9 Å². The Morgan fingerprint density at radius 1 is 1.16 bits per heavy atom. The molecule has 0 amide bonds. The van der Waals surface area contributed by atoms with Crippen LogP contribution in [0.3, 0.4) is 0 Å². The van der Waals surface area contributed by atoms with E-state index in [2.05, 4.69) is 51.3 Å². The number of nitrogens with zero attached hydrogens (tertiary/aromatic N) is 8. The van der Waals surface area contributed by atoms with Crippen LogP contribution in [-0.2, 0) is 11.3 Å². The van der Waals surface area contributed by atoms with Gasteiger partial charge in [0.25, 0.3) is 0 Å². The lowest BCUT2D eigenvalue weighted by atomic mass is 9.85. The SMILES string of the molecule is CC(C)(C)[C@H]([C@@H](Oc1ccc(Cl)cc1)n1cncn1)n1nnnc1CN1CCOCC1. The number of ether oxygens (including phenoxy) is 2. The van der Waals surface area contributed by atoms with Gasteiger partial charge in [-0.15, -0.1) is 5.10 Å². The predicted molar refractivity (Wildman–Crippen MR) is 114 cm³/mol. The normalized spacial score (nSPS) is 17.4. The Kier molecular flexibility index (Phi) is 6.49. The highest BCUT2D eigenvalue weighted by molar-refractivity contribution is 6.30. The van der Waals surface area contributed by atoms with Crippen molar-refractivity contribution in [3.63, 3.8) is 0 Å². The van der Waals surface area contributed by atoms with E-state index in [1.165, 1.54) is 6.33 Å². The van der Waals surface area contributed by atoms with Crippen molar-refractivity contribution in [3.05, 3.63) is 47.8 Å². The summed E-state index contributed by atoms with van der Waals surface area (Å²) in [6, 6.07) is 6.99. The van der Waals surface area contributed by atoms with E-state index in [4.69, 9.17) is 21.1 Å². The molecule has 0 unspecified atom stereocenters. The first-order valence-corrected chi connectivity index (χ1v) is 10.6. The fourth-order valence-electron chi connectivity index (χ4n) is 3.67. The van der Waals surface area contributed by atoms with Crippen molar-refractivity contribution in [2.24, 2.45) is 5.41 Å². The third-order valence-corrected chi connectivity index (χ3v) is 5.47. The Morgan fingerprint density at radius 2 is 1.90 bits per heavy atom. The molecule has 10 nitrogen and oxygen atoms in total. The minimum atomic E-state index is -0.532. The number of hydrogen-bond donors (Lipinski definition) is 0. The minimum Gasteiger partial charge on any atom is -0.466 e. The molecule has 4 rings (SSSR count).